The van der Waals surface area contributed by atoms with Crippen LogP contribution in [-0.2, 0) is 11.3 Å². The highest BCUT2D eigenvalue weighted by Gasteiger charge is 2.25. The molecule has 134 valence electrons. The second kappa shape index (κ2) is 7.64. The summed E-state index contributed by atoms with van der Waals surface area (Å²) in [7, 11) is 0. The van der Waals surface area contributed by atoms with E-state index in [9.17, 15) is 4.39 Å². The van der Waals surface area contributed by atoms with E-state index in [1.165, 1.54) is 25.1 Å². The summed E-state index contributed by atoms with van der Waals surface area (Å²) < 4.78 is 24.0. The average Bonchev–Trinajstić information content (AvgIpc) is 3.27. The van der Waals surface area contributed by atoms with E-state index in [-0.39, 0.29) is 5.82 Å². The van der Waals surface area contributed by atoms with Crippen molar-refractivity contribution in [3.05, 3.63) is 42.0 Å². The summed E-state index contributed by atoms with van der Waals surface area (Å²) in [5, 5.41) is 0. The number of halogens is 1. The summed E-state index contributed by atoms with van der Waals surface area (Å²) in [6, 6.07) is 6.24. The van der Waals surface area contributed by atoms with Gasteiger partial charge in [0.05, 0.1) is 18.9 Å². The first-order valence-electron chi connectivity index (χ1n) is 8.99. The van der Waals surface area contributed by atoms with Crippen LogP contribution in [0.15, 0.2) is 34.9 Å². The Labute approximate surface area is 147 Å². The highest BCUT2D eigenvalue weighted by atomic mass is 19.1. The molecule has 1 unspecified atom stereocenters. The minimum Gasteiger partial charge on any atom is -0.444 e. The number of benzene rings is 1. The summed E-state index contributed by atoms with van der Waals surface area (Å²) in [5.74, 6) is 1.03. The number of nitrogens with zero attached hydrogens (tertiary/aromatic N) is 3. The van der Waals surface area contributed by atoms with Crippen LogP contribution in [0.3, 0.4) is 0 Å². The van der Waals surface area contributed by atoms with E-state index in [1.54, 1.807) is 18.4 Å². The molecule has 0 saturated carbocycles. The molecule has 1 atom stereocenters. The molecule has 2 aliphatic heterocycles. The molecule has 0 radical (unpaired) electrons. The van der Waals surface area contributed by atoms with E-state index in [1.807, 2.05) is 0 Å². The smallest absolute Gasteiger partial charge is 0.226 e. The number of oxazole rings is 1. The van der Waals surface area contributed by atoms with Gasteiger partial charge in [-0.1, -0.05) is 0 Å². The third kappa shape index (κ3) is 4.26. The first kappa shape index (κ1) is 16.7. The number of likely N-dealkylation sites (tertiary alicyclic amines) is 1. The Hall–Kier alpha value is -1.76. The van der Waals surface area contributed by atoms with Crippen LogP contribution in [0.2, 0.25) is 0 Å². The fourth-order valence-electron chi connectivity index (χ4n) is 3.69. The van der Waals surface area contributed by atoms with Crippen molar-refractivity contribution in [2.45, 2.75) is 13.0 Å². The maximum absolute atomic E-state index is 13.0. The molecule has 5 nitrogen and oxygen atoms in total. The lowest BCUT2D eigenvalue weighted by atomic mass is 10.1. The van der Waals surface area contributed by atoms with E-state index in [0.29, 0.717) is 5.89 Å². The predicted octanol–water partition coefficient (Wildman–Crippen LogP) is 2.63. The molecule has 1 aromatic carbocycles. The Morgan fingerprint density at radius 1 is 1.08 bits per heavy atom. The quantitative estimate of drug-likeness (QED) is 0.833. The van der Waals surface area contributed by atoms with E-state index >= 15 is 0 Å². The SMILES string of the molecule is Fc1ccc(-c2nc(CN3CCC(CN4CCOCC4)C3)co2)cc1. The Morgan fingerprint density at radius 3 is 2.68 bits per heavy atom. The van der Waals surface area contributed by atoms with Gasteiger partial charge in [0.25, 0.3) is 0 Å². The molecule has 3 heterocycles. The maximum Gasteiger partial charge on any atom is 0.226 e. The first-order chi connectivity index (χ1) is 12.3. The van der Waals surface area contributed by atoms with Gasteiger partial charge in [-0.05, 0) is 43.1 Å². The normalized spacial score (nSPS) is 22.5. The van der Waals surface area contributed by atoms with Gasteiger partial charge in [0.15, 0.2) is 0 Å². The monoisotopic (exact) mass is 345 g/mol. The topological polar surface area (TPSA) is 41.7 Å². The van der Waals surface area contributed by atoms with Gasteiger partial charge in [0.2, 0.25) is 5.89 Å². The molecule has 25 heavy (non-hydrogen) atoms. The van der Waals surface area contributed by atoms with Crippen LogP contribution in [0.4, 0.5) is 4.39 Å². The molecule has 0 spiro atoms. The lowest BCUT2D eigenvalue weighted by Gasteiger charge is -2.29. The van der Waals surface area contributed by atoms with Gasteiger partial charge in [-0.25, -0.2) is 9.37 Å². The van der Waals surface area contributed by atoms with E-state index < -0.39 is 0 Å². The Morgan fingerprint density at radius 2 is 1.88 bits per heavy atom. The van der Waals surface area contributed by atoms with Crippen molar-refractivity contribution >= 4 is 0 Å². The summed E-state index contributed by atoms with van der Waals surface area (Å²) >= 11 is 0. The summed E-state index contributed by atoms with van der Waals surface area (Å²) in [4.78, 5) is 9.51. The van der Waals surface area contributed by atoms with Crippen LogP contribution in [-0.4, -0.2) is 60.7 Å². The van der Waals surface area contributed by atoms with Gasteiger partial charge in [-0.3, -0.25) is 9.80 Å². The van der Waals surface area contributed by atoms with Crippen LogP contribution in [0.1, 0.15) is 12.1 Å². The summed E-state index contributed by atoms with van der Waals surface area (Å²) in [5.41, 5.74) is 1.74. The molecular formula is C19H24FN3O2. The zero-order valence-corrected chi connectivity index (χ0v) is 14.4. The molecule has 2 fully saturated rings. The number of hydrogen-bond donors (Lipinski definition) is 0. The molecule has 0 N–H and O–H groups in total. The Kier molecular flexibility index (Phi) is 5.10. The van der Waals surface area contributed by atoms with Crippen LogP contribution < -0.4 is 0 Å². The Bertz CT molecular complexity index is 682. The molecule has 6 heteroatoms. The van der Waals surface area contributed by atoms with Crippen molar-refractivity contribution in [1.82, 2.24) is 14.8 Å². The highest BCUT2D eigenvalue weighted by Crippen LogP contribution is 2.23. The third-order valence-electron chi connectivity index (χ3n) is 5.02. The van der Waals surface area contributed by atoms with Crippen LogP contribution in [0.25, 0.3) is 11.5 Å². The summed E-state index contributed by atoms with van der Waals surface area (Å²) in [6.07, 6.45) is 2.95. The highest BCUT2D eigenvalue weighted by molar-refractivity contribution is 5.52. The lowest BCUT2D eigenvalue weighted by Crippen LogP contribution is -2.39. The van der Waals surface area contributed by atoms with E-state index in [2.05, 4.69) is 14.8 Å². The fraction of sp³-hybridized carbons (Fsp3) is 0.526. The standard InChI is InChI=1S/C19H24FN3O2/c20-17-3-1-16(2-4-17)19-21-18(14-25-19)13-23-6-5-15(12-23)11-22-7-9-24-10-8-22/h1-4,14-15H,5-13H2. The van der Waals surface area contributed by atoms with Gasteiger partial charge in [-0.2, -0.15) is 0 Å². The number of hydrogen-bond acceptors (Lipinski definition) is 5. The van der Waals surface area contributed by atoms with Gasteiger partial charge in [0, 0.05) is 38.3 Å². The molecule has 2 saturated heterocycles. The molecular weight excluding hydrogens is 321 g/mol. The molecule has 2 aliphatic rings. The summed E-state index contributed by atoms with van der Waals surface area (Å²) in [6.45, 7) is 8.03. The van der Waals surface area contributed by atoms with Gasteiger partial charge < -0.3 is 9.15 Å². The van der Waals surface area contributed by atoms with Gasteiger partial charge >= 0.3 is 0 Å². The molecule has 4 rings (SSSR count). The molecule has 0 aliphatic carbocycles. The van der Waals surface area contributed by atoms with Crippen molar-refractivity contribution in [3.8, 4) is 11.5 Å². The van der Waals surface area contributed by atoms with Crippen LogP contribution in [0.5, 0.6) is 0 Å². The van der Waals surface area contributed by atoms with Crippen molar-refractivity contribution in [3.63, 3.8) is 0 Å². The van der Waals surface area contributed by atoms with E-state index in [0.717, 1.165) is 63.1 Å². The molecule has 1 aromatic heterocycles. The van der Waals surface area contributed by atoms with Gasteiger partial charge in [0.1, 0.15) is 12.1 Å². The number of aromatic nitrogens is 1. The number of morpholine rings is 1. The third-order valence-corrected chi connectivity index (χ3v) is 5.02. The zero-order valence-electron chi connectivity index (χ0n) is 14.4. The minimum absolute atomic E-state index is 0.251. The van der Waals surface area contributed by atoms with Crippen molar-refractivity contribution in [1.29, 1.82) is 0 Å². The first-order valence-corrected chi connectivity index (χ1v) is 8.99. The second-order valence-electron chi connectivity index (χ2n) is 6.95. The largest absolute Gasteiger partial charge is 0.444 e. The predicted molar refractivity (Wildman–Crippen MR) is 92.5 cm³/mol. The fourth-order valence-corrected chi connectivity index (χ4v) is 3.69. The average molecular weight is 345 g/mol. The maximum atomic E-state index is 13.0. The number of rotatable bonds is 5. The van der Waals surface area contributed by atoms with Gasteiger partial charge in [-0.15, -0.1) is 0 Å². The minimum atomic E-state index is -0.251. The van der Waals surface area contributed by atoms with Crippen molar-refractivity contribution < 1.29 is 13.5 Å². The van der Waals surface area contributed by atoms with Crippen LogP contribution >= 0.6 is 0 Å². The Balaban J connectivity index is 1.30. The van der Waals surface area contributed by atoms with E-state index in [4.69, 9.17) is 9.15 Å². The molecule has 0 bridgehead atoms. The molecule has 0 amide bonds. The van der Waals surface area contributed by atoms with Crippen molar-refractivity contribution in [2.75, 3.05) is 45.9 Å². The second-order valence-corrected chi connectivity index (χ2v) is 6.95. The number of ether oxygens (including phenoxy) is 1. The van der Waals surface area contributed by atoms with Crippen molar-refractivity contribution in [2.24, 2.45) is 5.92 Å². The zero-order chi connectivity index (χ0) is 17.1. The van der Waals surface area contributed by atoms with Crippen LogP contribution in [0, 0.1) is 11.7 Å². The molecule has 2 aromatic rings. The lowest BCUT2D eigenvalue weighted by molar-refractivity contribution is 0.0311.